The van der Waals surface area contributed by atoms with Gasteiger partial charge >= 0.3 is 0 Å². The molecule has 0 radical (unpaired) electrons. The number of nitrogens with one attached hydrogen (secondary N) is 1. The van der Waals surface area contributed by atoms with Crippen LogP contribution >= 0.6 is 0 Å². The molecule has 4 rings (SSSR count). The summed E-state index contributed by atoms with van der Waals surface area (Å²) >= 11 is 0. The van der Waals surface area contributed by atoms with Crippen molar-refractivity contribution in [2.75, 3.05) is 32.7 Å². The van der Waals surface area contributed by atoms with E-state index in [0.29, 0.717) is 37.5 Å². The van der Waals surface area contributed by atoms with Gasteiger partial charge in [-0.1, -0.05) is 37.3 Å². The molecule has 2 aromatic rings. The minimum atomic E-state index is -3.66. The zero-order chi connectivity index (χ0) is 21.8. The van der Waals surface area contributed by atoms with Gasteiger partial charge in [0.15, 0.2) is 0 Å². The molecule has 7 heteroatoms. The van der Waals surface area contributed by atoms with Crippen molar-refractivity contribution in [3.63, 3.8) is 0 Å². The Morgan fingerprint density at radius 2 is 1.90 bits per heavy atom. The van der Waals surface area contributed by atoms with Gasteiger partial charge in [0.1, 0.15) is 0 Å². The number of rotatable bonds is 6. The van der Waals surface area contributed by atoms with Crippen LogP contribution in [0.15, 0.2) is 53.4 Å². The van der Waals surface area contributed by atoms with Crippen LogP contribution in [0.4, 0.5) is 0 Å². The minimum Gasteiger partial charge on any atom is -0.351 e. The highest BCUT2D eigenvalue weighted by atomic mass is 32.2. The fourth-order valence-electron chi connectivity index (χ4n) is 4.54. The molecule has 0 saturated carbocycles. The summed E-state index contributed by atoms with van der Waals surface area (Å²) in [5.74, 6) is 0.471. The third kappa shape index (κ3) is 5.17. The molecule has 0 spiro atoms. The molecule has 1 saturated heterocycles. The molecule has 1 amide bonds. The lowest BCUT2D eigenvalue weighted by Crippen LogP contribution is -2.40. The number of fused-ring (bicyclic) bond motifs is 1. The van der Waals surface area contributed by atoms with Crippen LogP contribution in [-0.2, 0) is 23.0 Å². The third-order valence-electron chi connectivity index (χ3n) is 6.28. The first-order chi connectivity index (χ1) is 14.9. The Bertz CT molecular complexity index is 1040. The second kappa shape index (κ2) is 9.51. The molecule has 6 nitrogen and oxygen atoms in total. The van der Waals surface area contributed by atoms with Crippen LogP contribution in [0, 0.1) is 5.92 Å². The number of hydrogen-bond acceptors (Lipinski definition) is 4. The van der Waals surface area contributed by atoms with E-state index < -0.39 is 10.0 Å². The van der Waals surface area contributed by atoms with E-state index in [2.05, 4.69) is 23.2 Å². The summed E-state index contributed by atoms with van der Waals surface area (Å²) in [6, 6.07) is 14.3. The van der Waals surface area contributed by atoms with Crippen molar-refractivity contribution in [3.8, 4) is 0 Å². The van der Waals surface area contributed by atoms with Crippen molar-refractivity contribution >= 4 is 15.9 Å². The van der Waals surface area contributed by atoms with E-state index in [4.69, 9.17) is 0 Å². The van der Waals surface area contributed by atoms with E-state index in [1.807, 2.05) is 18.2 Å². The highest BCUT2D eigenvalue weighted by Crippen LogP contribution is 2.25. The lowest BCUT2D eigenvalue weighted by Gasteiger charge is -2.30. The van der Waals surface area contributed by atoms with Crippen LogP contribution in [0.1, 0.15) is 41.3 Å². The number of hydrogen-bond donors (Lipinski definition) is 1. The van der Waals surface area contributed by atoms with Crippen LogP contribution in [0.3, 0.4) is 0 Å². The maximum absolute atomic E-state index is 13.2. The molecule has 31 heavy (non-hydrogen) atoms. The van der Waals surface area contributed by atoms with Crippen LogP contribution in [-0.4, -0.2) is 56.3 Å². The largest absolute Gasteiger partial charge is 0.351 e. The first-order valence-electron chi connectivity index (χ1n) is 11.1. The van der Waals surface area contributed by atoms with E-state index in [-0.39, 0.29) is 10.8 Å². The molecular weight excluding hydrogens is 410 g/mol. The number of nitrogens with zero attached hydrogens (tertiary/aromatic N) is 2. The average molecular weight is 442 g/mol. The van der Waals surface area contributed by atoms with E-state index >= 15 is 0 Å². The van der Waals surface area contributed by atoms with Gasteiger partial charge < -0.3 is 10.2 Å². The van der Waals surface area contributed by atoms with Crippen molar-refractivity contribution in [2.24, 2.45) is 5.92 Å². The SMILES string of the molecule is C[C@H]1CCCN(CCNC(=O)c2cccc(S(=O)(=O)N3CCc4ccccc4C3)c2)C1. The normalized spacial score (nSPS) is 20.2. The molecule has 166 valence electrons. The average Bonchev–Trinajstić information content (AvgIpc) is 2.79. The smallest absolute Gasteiger partial charge is 0.251 e. The number of likely N-dealkylation sites (tertiary alicyclic amines) is 1. The van der Waals surface area contributed by atoms with Gasteiger partial charge in [0.2, 0.25) is 10.0 Å². The van der Waals surface area contributed by atoms with Gasteiger partial charge in [0, 0.05) is 38.3 Å². The highest BCUT2D eigenvalue weighted by molar-refractivity contribution is 7.89. The van der Waals surface area contributed by atoms with Gasteiger partial charge in [-0.3, -0.25) is 4.79 Å². The Labute approximate surface area is 185 Å². The molecule has 2 aliphatic rings. The van der Waals surface area contributed by atoms with E-state index in [1.54, 1.807) is 18.2 Å². The number of piperidine rings is 1. The maximum atomic E-state index is 13.2. The summed E-state index contributed by atoms with van der Waals surface area (Å²) in [6.45, 7) is 6.60. The molecular formula is C24H31N3O3S. The fourth-order valence-corrected chi connectivity index (χ4v) is 6.01. The van der Waals surface area contributed by atoms with Crippen LogP contribution < -0.4 is 5.32 Å². The number of carbonyl (C=O) groups is 1. The van der Waals surface area contributed by atoms with E-state index in [9.17, 15) is 13.2 Å². The molecule has 0 unspecified atom stereocenters. The Kier molecular flexibility index (Phi) is 6.74. The van der Waals surface area contributed by atoms with Gasteiger partial charge in [0.05, 0.1) is 4.90 Å². The van der Waals surface area contributed by atoms with E-state index in [0.717, 1.165) is 25.2 Å². The lowest BCUT2D eigenvalue weighted by atomic mass is 10.0. The third-order valence-corrected chi connectivity index (χ3v) is 8.13. The Morgan fingerprint density at radius 1 is 1.10 bits per heavy atom. The minimum absolute atomic E-state index is 0.171. The van der Waals surface area contributed by atoms with Crippen LogP contribution in [0.2, 0.25) is 0 Å². The number of benzene rings is 2. The molecule has 2 aromatic carbocycles. The molecule has 1 atom stereocenters. The van der Waals surface area contributed by atoms with Crippen molar-refractivity contribution < 1.29 is 13.2 Å². The standard InChI is InChI=1S/C24H31N3O3S/c1-19-6-5-13-26(17-19)15-12-25-24(28)21-9-4-10-23(16-21)31(29,30)27-14-11-20-7-2-3-8-22(20)18-27/h2-4,7-10,16,19H,5-6,11-15,17-18H2,1H3,(H,25,28)/t19-/m0/s1. The second-order valence-corrected chi connectivity index (χ2v) is 10.6. The van der Waals surface area contributed by atoms with Gasteiger partial charge in [-0.05, 0) is 61.1 Å². The fraction of sp³-hybridized carbons (Fsp3) is 0.458. The van der Waals surface area contributed by atoms with E-state index in [1.165, 1.54) is 28.8 Å². The summed E-state index contributed by atoms with van der Waals surface area (Å²) in [5, 5.41) is 2.94. The zero-order valence-electron chi connectivity index (χ0n) is 18.1. The lowest BCUT2D eigenvalue weighted by molar-refractivity contribution is 0.0943. The Hall–Kier alpha value is -2.22. The molecule has 0 aromatic heterocycles. The Balaban J connectivity index is 1.39. The van der Waals surface area contributed by atoms with Crippen LogP contribution in [0.25, 0.3) is 0 Å². The summed E-state index contributed by atoms with van der Waals surface area (Å²) in [4.78, 5) is 15.2. The van der Waals surface area contributed by atoms with Crippen LogP contribution in [0.5, 0.6) is 0 Å². The molecule has 2 aliphatic heterocycles. The summed E-state index contributed by atoms with van der Waals surface area (Å²) in [5.41, 5.74) is 2.62. The Morgan fingerprint density at radius 3 is 2.71 bits per heavy atom. The monoisotopic (exact) mass is 441 g/mol. The molecule has 0 aliphatic carbocycles. The first kappa shape index (κ1) is 22.0. The molecule has 0 bridgehead atoms. The molecule has 1 N–H and O–H groups in total. The van der Waals surface area contributed by atoms with Gasteiger partial charge in [-0.2, -0.15) is 4.31 Å². The molecule has 1 fully saturated rings. The predicted octanol–water partition coefficient (Wildman–Crippen LogP) is 2.90. The molecule has 2 heterocycles. The summed E-state index contributed by atoms with van der Waals surface area (Å²) in [7, 11) is -3.66. The van der Waals surface area contributed by atoms with Crippen molar-refractivity contribution in [1.82, 2.24) is 14.5 Å². The number of amides is 1. The first-order valence-corrected chi connectivity index (χ1v) is 12.5. The van der Waals surface area contributed by atoms with Gasteiger partial charge in [-0.15, -0.1) is 0 Å². The quantitative estimate of drug-likeness (QED) is 0.748. The maximum Gasteiger partial charge on any atom is 0.251 e. The van der Waals surface area contributed by atoms with Gasteiger partial charge in [0.25, 0.3) is 5.91 Å². The van der Waals surface area contributed by atoms with Crippen molar-refractivity contribution in [3.05, 3.63) is 65.2 Å². The topological polar surface area (TPSA) is 69.7 Å². The van der Waals surface area contributed by atoms with Crippen molar-refractivity contribution in [1.29, 1.82) is 0 Å². The summed E-state index contributed by atoms with van der Waals surface area (Å²) in [6.07, 6.45) is 3.17. The summed E-state index contributed by atoms with van der Waals surface area (Å²) < 4.78 is 27.9. The zero-order valence-corrected chi connectivity index (χ0v) is 18.9. The van der Waals surface area contributed by atoms with Gasteiger partial charge in [-0.25, -0.2) is 8.42 Å². The van der Waals surface area contributed by atoms with Crippen molar-refractivity contribution in [2.45, 2.75) is 37.6 Å². The highest BCUT2D eigenvalue weighted by Gasteiger charge is 2.28. The number of carbonyl (C=O) groups excluding carboxylic acids is 1. The second-order valence-electron chi connectivity index (χ2n) is 8.69. The predicted molar refractivity (Wildman–Crippen MR) is 121 cm³/mol. The number of sulfonamides is 1.